The first-order valence-corrected chi connectivity index (χ1v) is 10.2. The number of alkyl halides is 3. The van der Waals surface area contributed by atoms with Crippen molar-refractivity contribution in [2.75, 3.05) is 13.1 Å². The molecule has 1 aliphatic heterocycles. The van der Waals surface area contributed by atoms with Crippen LogP contribution in [0.4, 0.5) is 13.2 Å². The first-order chi connectivity index (χ1) is 13.1. The van der Waals surface area contributed by atoms with Crippen LogP contribution in [0.25, 0.3) is 0 Å². The van der Waals surface area contributed by atoms with Crippen molar-refractivity contribution >= 4 is 10.0 Å². The van der Waals surface area contributed by atoms with Gasteiger partial charge in [-0.05, 0) is 49.9 Å². The van der Waals surface area contributed by atoms with Gasteiger partial charge in [-0.1, -0.05) is 12.1 Å². The molecule has 1 aromatic carbocycles. The van der Waals surface area contributed by atoms with Gasteiger partial charge in [0.2, 0.25) is 10.0 Å². The highest BCUT2D eigenvalue weighted by Gasteiger charge is 2.35. The van der Waals surface area contributed by atoms with Crippen molar-refractivity contribution < 1.29 is 26.3 Å². The van der Waals surface area contributed by atoms with Crippen molar-refractivity contribution in [3.63, 3.8) is 0 Å². The smallest absolute Gasteiger partial charge is 0.433 e. The molecule has 1 fully saturated rings. The lowest BCUT2D eigenvalue weighted by atomic mass is 10.1. The van der Waals surface area contributed by atoms with Gasteiger partial charge in [0.05, 0.1) is 11.4 Å². The molecular weight excluding hydrogens is 395 g/mol. The maximum absolute atomic E-state index is 13.0. The van der Waals surface area contributed by atoms with E-state index in [9.17, 15) is 21.6 Å². The van der Waals surface area contributed by atoms with E-state index in [1.165, 1.54) is 4.31 Å². The highest BCUT2D eigenvalue weighted by Crippen LogP contribution is 2.29. The van der Waals surface area contributed by atoms with Crippen molar-refractivity contribution in [2.45, 2.75) is 43.9 Å². The topological polar surface area (TPSA) is 72.4 Å². The lowest BCUT2D eigenvalue weighted by Gasteiger charge is -2.32. The van der Waals surface area contributed by atoms with Crippen LogP contribution in [0.3, 0.4) is 0 Å². The summed E-state index contributed by atoms with van der Waals surface area (Å²) >= 11 is 0. The van der Waals surface area contributed by atoms with Crippen molar-refractivity contribution in [1.82, 2.24) is 14.3 Å². The number of halogens is 3. The van der Waals surface area contributed by atoms with E-state index in [0.717, 1.165) is 17.8 Å². The molecule has 0 amide bonds. The van der Waals surface area contributed by atoms with Crippen LogP contribution >= 0.6 is 0 Å². The summed E-state index contributed by atoms with van der Waals surface area (Å²) in [6.07, 6.45) is -3.24. The fourth-order valence-corrected chi connectivity index (χ4v) is 4.87. The maximum atomic E-state index is 13.0. The average Bonchev–Trinajstić information content (AvgIpc) is 2.63. The Kier molecular flexibility index (Phi) is 5.62. The molecule has 6 nitrogen and oxygen atoms in total. The van der Waals surface area contributed by atoms with Crippen LogP contribution in [0.15, 0.2) is 35.4 Å². The minimum Gasteiger partial charge on any atom is -0.459 e. The van der Waals surface area contributed by atoms with Crippen LogP contribution in [0.5, 0.6) is 6.01 Å². The summed E-state index contributed by atoms with van der Waals surface area (Å²) < 4.78 is 71.2. The fraction of sp³-hybridized carbons (Fsp3) is 0.444. The molecule has 3 rings (SSSR count). The van der Waals surface area contributed by atoms with Gasteiger partial charge in [0.1, 0.15) is 6.10 Å². The molecule has 0 saturated carbocycles. The second-order valence-electron chi connectivity index (χ2n) is 6.74. The molecule has 1 unspecified atom stereocenters. The van der Waals surface area contributed by atoms with Gasteiger partial charge in [0.25, 0.3) is 0 Å². The minimum absolute atomic E-state index is 0.0231. The molecule has 152 valence electrons. The number of piperidine rings is 1. The molecule has 2 heterocycles. The summed E-state index contributed by atoms with van der Waals surface area (Å²) in [4.78, 5) is 7.33. The molecule has 0 aliphatic carbocycles. The van der Waals surface area contributed by atoms with Crippen LogP contribution in [0.1, 0.15) is 29.7 Å². The molecule has 0 bridgehead atoms. The Morgan fingerprint density at radius 1 is 1.21 bits per heavy atom. The number of ether oxygens (including phenoxy) is 1. The van der Waals surface area contributed by atoms with Gasteiger partial charge in [-0.25, -0.2) is 13.4 Å². The largest absolute Gasteiger partial charge is 0.459 e. The number of benzene rings is 1. The third-order valence-electron chi connectivity index (χ3n) is 4.50. The molecule has 0 N–H and O–H groups in total. The molecule has 0 radical (unpaired) electrons. The van der Waals surface area contributed by atoms with Crippen LogP contribution in [0, 0.1) is 13.8 Å². The first-order valence-electron chi connectivity index (χ1n) is 8.71. The van der Waals surface area contributed by atoms with E-state index in [0.29, 0.717) is 24.9 Å². The molecular formula is C18H20F3N3O3S. The van der Waals surface area contributed by atoms with E-state index >= 15 is 0 Å². The molecule has 1 atom stereocenters. The Hall–Kier alpha value is -2.20. The van der Waals surface area contributed by atoms with Gasteiger partial charge >= 0.3 is 12.2 Å². The van der Waals surface area contributed by atoms with Crippen molar-refractivity contribution in [1.29, 1.82) is 0 Å². The molecule has 10 heteroatoms. The summed E-state index contributed by atoms with van der Waals surface area (Å²) in [6.45, 7) is 3.88. The number of hydrogen-bond acceptors (Lipinski definition) is 5. The SMILES string of the molecule is Cc1ccc(C)c(S(=O)(=O)N2CCCC(Oc3nccc(C(F)(F)F)n3)C2)c1. The fourth-order valence-electron chi connectivity index (χ4n) is 3.05. The predicted molar refractivity (Wildman–Crippen MR) is 95.4 cm³/mol. The highest BCUT2D eigenvalue weighted by atomic mass is 32.2. The zero-order valence-corrected chi connectivity index (χ0v) is 16.2. The van der Waals surface area contributed by atoms with Crippen molar-refractivity contribution in [2.24, 2.45) is 0 Å². The third-order valence-corrected chi connectivity index (χ3v) is 6.51. The Morgan fingerprint density at radius 2 is 1.96 bits per heavy atom. The van der Waals surface area contributed by atoms with E-state index in [1.807, 2.05) is 13.0 Å². The molecule has 1 aromatic heterocycles. The van der Waals surface area contributed by atoms with E-state index < -0.39 is 34.0 Å². The summed E-state index contributed by atoms with van der Waals surface area (Å²) in [5, 5.41) is 0. The first kappa shape index (κ1) is 20.5. The van der Waals surface area contributed by atoms with E-state index in [1.54, 1.807) is 19.1 Å². The van der Waals surface area contributed by atoms with E-state index in [-0.39, 0.29) is 11.4 Å². The van der Waals surface area contributed by atoms with Gasteiger partial charge < -0.3 is 4.74 Å². The standard InChI is InChI=1S/C18H20F3N3O3S/c1-12-5-6-13(2)15(10-12)28(25,26)24-9-3-4-14(11-24)27-17-22-8-7-16(23-17)18(19,20)21/h5-8,10,14H,3-4,9,11H2,1-2H3. The lowest BCUT2D eigenvalue weighted by molar-refractivity contribution is -0.141. The maximum Gasteiger partial charge on any atom is 0.433 e. The average molecular weight is 415 g/mol. The summed E-state index contributed by atoms with van der Waals surface area (Å²) in [5.74, 6) is 0. The van der Waals surface area contributed by atoms with Gasteiger partial charge in [0.15, 0.2) is 5.69 Å². The molecule has 0 spiro atoms. The molecule has 1 aliphatic rings. The van der Waals surface area contributed by atoms with Crippen molar-refractivity contribution in [3.05, 3.63) is 47.3 Å². The Labute approximate surface area is 161 Å². The van der Waals surface area contributed by atoms with Crippen molar-refractivity contribution in [3.8, 4) is 6.01 Å². The van der Waals surface area contributed by atoms with E-state index in [2.05, 4.69) is 9.97 Å². The number of aromatic nitrogens is 2. The Bertz CT molecular complexity index is 964. The Balaban J connectivity index is 1.78. The number of nitrogens with zero attached hydrogens (tertiary/aromatic N) is 3. The lowest BCUT2D eigenvalue weighted by Crippen LogP contribution is -2.44. The van der Waals surface area contributed by atoms with Crippen LogP contribution in [-0.4, -0.2) is 41.9 Å². The molecule has 28 heavy (non-hydrogen) atoms. The summed E-state index contributed by atoms with van der Waals surface area (Å²) in [5.41, 5.74) is 0.356. The minimum atomic E-state index is -4.61. The zero-order chi connectivity index (χ0) is 20.5. The number of sulfonamides is 1. The number of hydrogen-bond donors (Lipinski definition) is 0. The second-order valence-corrected chi connectivity index (χ2v) is 8.64. The van der Waals surface area contributed by atoms with Gasteiger partial charge in [-0.3, -0.25) is 0 Å². The monoisotopic (exact) mass is 415 g/mol. The Morgan fingerprint density at radius 3 is 2.68 bits per heavy atom. The van der Waals surface area contributed by atoms with Gasteiger partial charge in [0, 0.05) is 12.7 Å². The molecule has 2 aromatic rings. The quantitative estimate of drug-likeness (QED) is 0.766. The van der Waals surface area contributed by atoms with Gasteiger partial charge in [-0.2, -0.15) is 22.5 Å². The highest BCUT2D eigenvalue weighted by molar-refractivity contribution is 7.89. The van der Waals surface area contributed by atoms with Crippen LogP contribution in [0.2, 0.25) is 0 Å². The third kappa shape index (κ3) is 4.44. The predicted octanol–water partition coefficient (Wildman–Crippen LogP) is 3.34. The normalized spacial score (nSPS) is 18.8. The van der Waals surface area contributed by atoms with Crippen LogP contribution in [-0.2, 0) is 16.2 Å². The number of rotatable bonds is 4. The number of aryl methyl sites for hydroxylation is 2. The van der Waals surface area contributed by atoms with E-state index in [4.69, 9.17) is 4.74 Å². The van der Waals surface area contributed by atoms with Crippen LogP contribution < -0.4 is 4.74 Å². The zero-order valence-electron chi connectivity index (χ0n) is 15.4. The summed E-state index contributed by atoms with van der Waals surface area (Å²) in [6, 6.07) is 5.54. The molecule has 1 saturated heterocycles. The summed E-state index contributed by atoms with van der Waals surface area (Å²) in [7, 11) is -3.74. The second kappa shape index (κ2) is 7.67. The van der Waals surface area contributed by atoms with Gasteiger partial charge in [-0.15, -0.1) is 0 Å².